The van der Waals surface area contributed by atoms with Crippen molar-refractivity contribution in [1.82, 2.24) is 15.5 Å². The number of aliphatic hydroxyl groups excluding tert-OH is 1. The fourth-order valence-corrected chi connectivity index (χ4v) is 2.31. The molecule has 0 aliphatic carbocycles. The number of nitrogens with one attached hydrogen (secondary N) is 2. The van der Waals surface area contributed by atoms with Gasteiger partial charge in [0.25, 0.3) is 5.91 Å². The Morgan fingerprint density at radius 1 is 1.38 bits per heavy atom. The van der Waals surface area contributed by atoms with Gasteiger partial charge < -0.3 is 10.4 Å². The molecule has 2 rings (SSSR count). The number of hydrogen-bond donors (Lipinski definition) is 3. The van der Waals surface area contributed by atoms with Gasteiger partial charge in [-0.05, 0) is 24.1 Å². The quantitative estimate of drug-likeness (QED) is 0.756. The van der Waals surface area contributed by atoms with Crippen molar-refractivity contribution in [2.24, 2.45) is 0 Å². The fourth-order valence-electron chi connectivity index (χ4n) is 2.31. The van der Waals surface area contributed by atoms with Crippen molar-refractivity contribution >= 4 is 5.91 Å². The zero-order valence-electron chi connectivity index (χ0n) is 13.0. The van der Waals surface area contributed by atoms with Crippen LogP contribution in [0.15, 0.2) is 30.3 Å². The first-order valence-electron chi connectivity index (χ1n) is 7.49. The Morgan fingerprint density at radius 2 is 2.08 bits per heavy atom. The lowest BCUT2D eigenvalue weighted by molar-refractivity contribution is -0.139. The number of amides is 1. The molecule has 24 heavy (non-hydrogen) atoms. The monoisotopic (exact) mass is 341 g/mol. The van der Waals surface area contributed by atoms with Gasteiger partial charge in [-0.2, -0.15) is 18.3 Å². The van der Waals surface area contributed by atoms with Crippen molar-refractivity contribution in [3.8, 4) is 0 Å². The molecule has 0 bridgehead atoms. The maximum absolute atomic E-state index is 12.9. The number of aromatic nitrogens is 2. The Morgan fingerprint density at radius 3 is 2.75 bits per heavy atom. The summed E-state index contributed by atoms with van der Waals surface area (Å²) < 4.78 is 38.8. The molecule has 0 saturated carbocycles. The maximum Gasteiger partial charge on any atom is 0.416 e. The number of nitrogens with zero attached hydrogens (tertiary/aromatic N) is 1. The maximum atomic E-state index is 12.9. The molecule has 1 atom stereocenters. The molecule has 0 spiro atoms. The number of benzene rings is 1. The predicted octanol–water partition coefficient (Wildman–Crippen LogP) is 2.84. The number of H-pyrrole nitrogens is 1. The van der Waals surface area contributed by atoms with Crippen LogP contribution >= 0.6 is 0 Å². The van der Waals surface area contributed by atoms with Crippen LogP contribution in [0.25, 0.3) is 0 Å². The van der Waals surface area contributed by atoms with Crippen LogP contribution in [0.2, 0.25) is 0 Å². The highest BCUT2D eigenvalue weighted by molar-refractivity contribution is 5.92. The molecule has 0 fully saturated rings. The normalized spacial score (nSPS) is 12.9. The third-order valence-electron chi connectivity index (χ3n) is 3.46. The Kier molecular flexibility index (Phi) is 5.61. The van der Waals surface area contributed by atoms with Gasteiger partial charge in [-0.25, -0.2) is 0 Å². The number of carbonyl (C=O) groups excluding carboxylic acids is 1. The Bertz CT molecular complexity index is 698. The van der Waals surface area contributed by atoms with E-state index in [1.165, 1.54) is 18.2 Å². The SMILES string of the molecule is CCCc1cc(C(=O)NC[C@@H](O)c2ccccc2C(F)(F)F)n[nH]1. The average Bonchev–Trinajstić information content (AvgIpc) is 3.00. The summed E-state index contributed by atoms with van der Waals surface area (Å²) in [6.45, 7) is 1.64. The molecule has 0 radical (unpaired) electrons. The third-order valence-corrected chi connectivity index (χ3v) is 3.46. The highest BCUT2D eigenvalue weighted by Gasteiger charge is 2.34. The van der Waals surface area contributed by atoms with E-state index in [0.717, 1.165) is 24.6 Å². The van der Waals surface area contributed by atoms with E-state index in [1.807, 2.05) is 6.92 Å². The van der Waals surface area contributed by atoms with Crippen LogP contribution in [0, 0.1) is 0 Å². The standard InChI is InChI=1S/C16H18F3N3O2/c1-2-5-10-8-13(22-21-10)15(24)20-9-14(23)11-6-3-4-7-12(11)16(17,18)19/h3-4,6-8,14,23H,2,5,9H2,1H3,(H,20,24)(H,21,22)/t14-/m1/s1. The molecule has 0 unspecified atom stereocenters. The van der Waals surface area contributed by atoms with E-state index in [-0.39, 0.29) is 17.8 Å². The molecular formula is C16H18F3N3O2. The van der Waals surface area contributed by atoms with Crippen LogP contribution in [0.5, 0.6) is 0 Å². The molecule has 1 amide bonds. The molecule has 2 aromatic rings. The Labute approximate surface area is 136 Å². The number of alkyl halides is 3. The lowest BCUT2D eigenvalue weighted by Gasteiger charge is -2.17. The smallest absolute Gasteiger partial charge is 0.387 e. The zero-order chi connectivity index (χ0) is 17.7. The number of carbonyl (C=O) groups is 1. The molecule has 0 aliphatic rings. The minimum absolute atomic E-state index is 0.134. The van der Waals surface area contributed by atoms with Gasteiger partial charge in [-0.3, -0.25) is 9.89 Å². The lowest BCUT2D eigenvalue weighted by atomic mass is 10.0. The second-order valence-electron chi connectivity index (χ2n) is 5.34. The van der Waals surface area contributed by atoms with Crippen molar-refractivity contribution in [1.29, 1.82) is 0 Å². The van der Waals surface area contributed by atoms with Crippen LogP contribution in [-0.4, -0.2) is 27.8 Å². The van der Waals surface area contributed by atoms with Gasteiger partial charge in [0.15, 0.2) is 0 Å². The molecule has 8 heteroatoms. The summed E-state index contributed by atoms with van der Waals surface area (Å²) in [5.74, 6) is -0.558. The van der Waals surface area contributed by atoms with Gasteiger partial charge in [-0.1, -0.05) is 31.5 Å². The van der Waals surface area contributed by atoms with E-state index in [2.05, 4.69) is 15.5 Å². The van der Waals surface area contributed by atoms with Crippen LogP contribution in [-0.2, 0) is 12.6 Å². The summed E-state index contributed by atoms with van der Waals surface area (Å²) in [5, 5.41) is 19.0. The summed E-state index contributed by atoms with van der Waals surface area (Å²) in [5.41, 5.74) is -0.267. The minimum Gasteiger partial charge on any atom is -0.387 e. The van der Waals surface area contributed by atoms with E-state index in [9.17, 15) is 23.1 Å². The van der Waals surface area contributed by atoms with Crippen molar-refractivity contribution in [3.63, 3.8) is 0 Å². The highest BCUT2D eigenvalue weighted by atomic mass is 19.4. The van der Waals surface area contributed by atoms with E-state index in [1.54, 1.807) is 6.07 Å². The first kappa shape index (κ1) is 18.0. The van der Waals surface area contributed by atoms with Gasteiger partial charge in [0.05, 0.1) is 11.7 Å². The van der Waals surface area contributed by atoms with Gasteiger partial charge in [-0.15, -0.1) is 0 Å². The minimum atomic E-state index is -4.57. The summed E-state index contributed by atoms with van der Waals surface area (Å²) >= 11 is 0. The molecule has 130 valence electrons. The van der Waals surface area contributed by atoms with Crippen LogP contribution < -0.4 is 5.32 Å². The van der Waals surface area contributed by atoms with E-state index in [4.69, 9.17) is 0 Å². The number of aliphatic hydroxyl groups is 1. The number of aryl methyl sites for hydroxylation is 1. The molecule has 5 nitrogen and oxygen atoms in total. The van der Waals surface area contributed by atoms with Gasteiger partial charge in [0.1, 0.15) is 5.69 Å². The molecular weight excluding hydrogens is 323 g/mol. The molecule has 0 aliphatic heterocycles. The summed E-state index contributed by atoms with van der Waals surface area (Å²) in [4.78, 5) is 12.0. The van der Waals surface area contributed by atoms with Crippen molar-refractivity contribution in [3.05, 3.63) is 52.8 Å². The fraction of sp³-hybridized carbons (Fsp3) is 0.375. The van der Waals surface area contributed by atoms with Crippen molar-refractivity contribution in [2.75, 3.05) is 6.54 Å². The van der Waals surface area contributed by atoms with E-state index in [0.29, 0.717) is 0 Å². The van der Waals surface area contributed by atoms with E-state index >= 15 is 0 Å². The second kappa shape index (κ2) is 7.48. The average molecular weight is 341 g/mol. The lowest BCUT2D eigenvalue weighted by Crippen LogP contribution is -2.29. The van der Waals surface area contributed by atoms with Crippen LogP contribution in [0.4, 0.5) is 13.2 Å². The third kappa shape index (κ3) is 4.35. The summed E-state index contributed by atoms with van der Waals surface area (Å²) in [6.07, 6.45) is -4.42. The first-order chi connectivity index (χ1) is 11.3. The molecule has 0 saturated heterocycles. The van der Waals surface area contributed by atoms with E-state index < -0.39 is 23.8 Å². The Balaban J connectivity index is 2.02. The second-order valence-corrected chi connectivity index (χ2v) is 5.34. The van der Waals surface area contributed by atoms with Crippen LogP contribution in [0.1, 0.15) is 46.8 Å². The topological polar surface area (TPSA) is 78.0 Å². The largest absolute Gasteiger partial charge is 0.416 e. The van der Waals surface area contributed by atoms with Gasteiger partial charge >= 0.3 is 6.18 Å². The van der Waals surface area contributed by atoms with Gasteiger partial charge in [0, 0.05) is 12.2 Å². The van der Waals surface area contributed by atoms with Crippen LogP contribution in [0.3, 0.4) is 0 Å². The van der Waals surface area contributed by atoms with Crippen molar-refractivity contribution in [2.45, 2.75) is 32.0 Å². The molecule has 1 aromatic heterocycles. The summed E-state index contributed by atoms with van der Waals surface area (Å²) in [7, 11) is 0. The van der Waals surface area contributed by atoms with Gasteiger partial charge in [0.2, 0.25) is 0 Å². The number of rotatable bonds is 6. The number of aromatic amines is 1. The molecule has 1 aromatic carbocycles. The van der Waals surface area contributed by atoms with Crippen molar-refractivity contribution < 1.29 is 23.1 Å². The highest BCUT2D eigenvalue weighted by Crippen LogP contribution is 2.34. The molecule has 1 heterocycles. The number of hydrogen-bond acceptors (Lipinski definition) is 3. The zero-order valence-corrected chi connectivity index (χ0v) is 13.0. The predicted molar refractivity (Wildman–Crippen MR) is 81.3 cm³/mol. The summed E-state index contributed by atoms with van der Waals surface area (Å²) in [6, 6.07) is 6.31. The number of halogens is 3. The first-order valence-corrected chi connectivity index (χ1v) is 7.49. The molecule has 3 N–H and O–H groups in total. The Hall–Kier alpha value is -2.35.